The van der Waals surface area contributed by atoms with Gasteiger partial charge in [-0.1, -0.05) is 35.9 Å². The number of ether oxygens (including phenoxy) is 1. The first-order valence-electron chi connectivity index (χ1n) is 6.37. The lowest BCUT2D eigenvalue weighted by Crippen LogP contribution is -2.16. The van der Waals surface area contributed by atoms with Gasteiger partial charge in [0.05, 0.1) is 17.0 Å². The number of esters is 1. The first kappa shape index (κ1) is 16.3. The van der Waals surface area contributed by atoms with E-state index in [2.05, 4.69) is 0 Å². The van der Waals surface area contributed by atoms with Crippen LogP contribution in [-0.2, 0) is 4.74 Å². The Bertz CT molecular complexity index is 700. The summed E-state index contributed by atoms with van der Waals surface area (Å²) in [6.07, 6.45) is -0.713. The number of carboxylic acid groups (broad SMARTS) is 1. The van der Waals surface area contributed by atoms with Crippen LogP contribution in [0.15, 0.2) is 48.5 Å². The van der Waals surface area contributed by atoms with Crippen molar-refractivity contribution in [1.29, 1.82) is 0 Å². The van der Waals surface area contributed by atoms with E-state index in [0.29, 0.717) is 10.6 Å². The highest BCUT2D eigenvalue weighted by Crippen LogP contribution is 2.24. The third-order valence-corrected chi connectivity index (χ3v) is 3.50. The van der Waals surface area contributed by atoms with Crippen LogP contribution in [0.5, 0.6) is 0 Å². The number of hydrogen-bond donors (Lipinski definition) is 1. The minimum absolute atomic E-state index is 0.0212. The molecule has 6 heteroatoms. The van der Waals surface area contributed by atoms with Crippen molar-refractivity contribution < 1.29 is 19.4 Å². The molecule has 22 heavy (non-hydrogen) atoms. The Morgan fingerprint density at radius 1 is 1.09 bits per heavy atom. The maximum atomic E-state index is 12.2. The summed E-state index contributed by atoms with van der Waals surface area (Å²) in [4.78, 5) is 23.4. The summed E-state index contributed by atoms with van der Waals surface area (Å²) in [5.41, 5.74) is 0.503. The molecule has 0 aliphatic heterocycles. The zero-order chi connectivity index (χ0) is 16.1. The molecule has 4 nitrogen and oxygen atoms in total. The van der Waals surface area contributed by atoms with Crippen LogP contribution >= 0.6 is 23.2 Å². The fourth-order valence-electron chi connectivity index (χ4n) is 1.94. The number of hydrogen-bond acceptors (Lipinski definition) is 3. The first-order chi connectivity index (χ1) is 10.5. The molecular formula is C16H12Cl2O4. The molecule has 0 aliphatic carbocycles. The summed E-state index contributed by atoms with van der Waals surface area (Å²) in [5.74, 6) is -1.91. The van der Waals surface area contributed by atoms with Gasteiger partial charge in [-0.05, 0) is 29.8 Å². The molecule has 0 saturated carbocycles. The summed E-state index contributed by atoms with van der Waals surface area (Å²) >= 11 is 11.8. The molecular weight excluding hydrogens is 327 g/mol. The second kappa shape index (κ2) is 7.29. The molecule has 114 valence electrons. The molecule has 0 radical (unpaired) electrons. The van der Waals surface area contributed by atoms with E-state index in [1.807, 2.05) is 0 Å². The highest BCUT2D eigenvalue weighted by atomic mass is 35.5. The standard InChI is InChI=1S/C16H12Cl2O4/c17-9-14(10-4-3-5-11(18)8-10)22-16(21)13-7-2-1-6-12(13)15(19)20/h1-8,14H,9H2,(H,19,20). The highest BCUT2D eigenvalue weighted by Gasteiger charge is 2.21. The molecule has 0 saturated heterocycles. The van der Waals surface area contributed by atoms with Gasteiger partial charge < -0.3 is 9.84 Å². The molecule has 0 aliphatic rings. The van der Waals surface area contributed by atoms with Gasteiger partial charge in [0.25, 0.3) is 0 Å². The molecule has 1 N–H and O–H groups in total. The zero-order valence-electron chi connectivity index (χ0n) is 11.3. The number of carboxylic acids is 1. The summed E-state index contributed by atoms with van der Waals surface area (Å²) < 4.78 is 5.32. The molecule has 2 aromatic carbocycles. The fourth-order valence-corrected chi connectivity index (χ4v) is 2.38. The topological polar surface area (TPSA) is 63.6 Å². The van der Waals surface area contributed by atoms with E-state index in [0.717, 1.165) is 0 Å². The molecule has 0 bridgehead atoms. The predicted molar refractivity (Wildman–Crippen MR) is 83.7 cm³/mol. The fraction of sp³-hybridized carbons (Fsp3) is 0.125. The maximum absolute atomic E-state index is 12.2. The Hall–Kier alpha value is -2.04. The van der Waals surface area contributed by atoms with Gasteiger partial charge in [-0.2, -0.15) is 0 Å². The van der Waals surface area contributed by atoms with Gasteiger partial charge >= 0.3 is 11.9 Å². The van der Waals surface area contributed by atoms with Crippen LogP contribution in [0.1, 0.15) is 32.4 Å². The Morgan fingerprint density at radius 3 is 2.36 bits per heavy atom. The minimum Gasteiger partial charge on any atom is -0.478 e. The number of rotatable bonds is 5. The van der Waals surface area contributed by atoms with Crippen molar-refractivity contribution in [3.63, 3.8) is 0 Å². The second-order valence-corrected chi connectivity index (χ2v) is 5.20. The van der Waals surface area contributed by atoms with Crippen molar-refractivity contribution >= 4 is 35.1 Å². The summed E-state index contributed by atoms with van der Waals surface area (Å²) in [6, 6.07) is 12.6. The predicted octanol–water partition coefficient (Wildman–Crippen LogP) is 4.18. The van der Waals surface area contributed by atoms with Gasteiger partial charge in [-0.15, -0.1) is 11.6 Å². The first-order valence-corrected chi connectivity index (χ1v) is 7.29. The molecule has 2 rings (SSSR count). The monoisotopic (exact) mass is 338 g/mol. The molecule has 0 aromatic heterocycles. The zero-order valence-corrected chi connectivity index (χ0v) is 12.8. The molecule has 2 aromatic rings. The number of carbonyl (C=O) groups is 2. The quantitative estimate of drug-likeness (QED) is 0.656. The van der Waals surface area contributed by atoms with Crippen molar-refractivity contribution in [3.8, 4) is 0 Å². The molecule has 0 amide bonds. The average molecular weight is 339 g/mol. The van der Waals surface area contributed by atoms with Crippen molar-refractivity contribution in [2.75, 3.05) is 5.88 Å². The lowest BCUT2D eigenvalue weighted by molar-refractivity contribution is 0.0338. The van der Waals surface area contributed by atoms with Gasteiger partial charge in [0.1, 0.15) is 6.10 Å². The molecule has 0 fully saturated rings. The van der Waals surface area contributed by atoms with Gasteiger partial charge in [-0.3, -0.25) is 0 Å². The molecule has 0 spiro atoms. The Labute approximate surface area is 137 Å². The SMILES string of the molecule is O=C(O)c1ccccc1C(=O)OC(CCl)c1cccc(Cl)c1. The van der Waals surface area contributed by atoms with Crippen LogP contribution in [0.25, 0.3) is 0 Å². The molecule has 1 atom stereocenters. The minimum atomic E-state index is -1.20. The van der Waals surface area contributed by atoms with Gasteiger partial charge in [0.15, 0.2) is 0 Å². The van der Waals surface area contributed by atoms with E-state index in [9.17, 15) is 9.59 Å². The van der Waals surface area contributed by atoms with Crippen molar-refractivity contribution in [2.24, 2.45) is 0 Å². The summed E-state index contributed by atoms with van der Waals surface area (Å²) in [5, 5.41) is 9.60. The Balaban J connectivity index is 2.25. The van der Waals surface area contributed by atoms with Gasteiger partial charge in [-0.25, -0.2) is 9.59 Å². The van der Waals surface area contributed by atoms with Crippen LogP contribution in [-0.4, -0.2) is 22.9 Å². The van der Waals surface area contributed by atoms with Crippen LogP contribution in [0.4, 0.5) is 0 Å². The van der Waals surface area contributed by atoms with Crippen LogP contribution in [0.3, 0.4) is 0 Å². The van der Waals surface area contributed by atoms with E-state index in [4.69, 9.17) is 33.0 Å². The number of alkyl halides is 1. The summed E-state index contributed by atoms with van der Waals surface area (Å²) in [7, 11) is 0. The summed E-state index contributed by atoms with van der Waals surface area (Å²) in [6.45, 7) is 0. The third-order valence-electron chi connectivity index (χ3n) is 2.99. The highest BCUT2D eigenvalue weighted by molar-refractivity contribution is 6.30. The second-order valence-electron chi connectivity index (χ2n) is 4.45. The van der Waals surface area contributed by atoms with Crippen LogP contribution in [0.2, 0.25) is 5.02 Å². The number of halogens is 2. The van der Waals surface area contributed by atoms with Crippen molar-refractivity contribution in [2.45, 2.75) is 6.10 Å². The van der Waals surface area contributed by atoms with E-state index >= 15 is 0 Å². The number of carbonyl (C=O) groups excluding carboxylic acids is 1. The number of aromatic carboxylic acids is 1. The normalized spacial score (nSPS) is 11.7. The maximum Gasteiger partial charge on any atom is 0.339 e. The van der Waals surface area contributed by atoms with Crippen molar-refractivity contribution in [1.82, 2.24) is 0 Å². The van der Waals surface area contributed by atoms with E-state index in [1.165, 1.54) is 18.2 Å². The van der Waals surface area contributed by atoms with Gasteiger partial charge in [0.2, 0.25) is 0 Å². The Kier molecular flexibility index (Phi) is 5.41. The average Bonchev–Trinajstić information content (AvgIpc) is 2.52. The Morgan fingerprint density at radius 2 is 1.77 bits per heavy atom. The van der Waals surface area contributed by atoms with Crippen LogP contribution < -0.4 is 0 Å². The van der Waals surface area contributed by atoms with E-state index < -0.39 is 18.0 Å². The molecule has 0 heterocycles. The van der Waals surface area contributed by atoms with Crippen molar-refractivity contribution in [3.05, 3.63) is 70.2 Å². The smallest absolute Gasteiger partial charge is 0.339 e. The lowest BCUT2D eigenvalue weighted by atomic mass is 10.1. The van der Waals surface area contributed by atoms with E-state index in [1.54, 1.807) is 30.3 Å². The van der Waals surface area contributed by atoms with Crippen LogP contribution in [0, 0.1) is 0 Å². The third kappa shape index (κ3) is 3.78. The lowest BCUT2D eigenvalue weighted by Gasteiger charge is -2.16. The van der Waals surface area contributed by atoms with E-state index in [-0.39, 0.29) is 17.0 Å². The molecule has 1 unspecified atom stereocenters. The number of benzene rings is 2. The largest absolute Gasteiger partial charge is 0.478 e. The van der Waals surface area contributed by atoms with Gasteiger partial charge in [0, 0.05) is 5.02 Å².